The highest BCUT2D eigenvalue weighted by Gasteiger charge is 1.74. The highest BCUT2D eigenvalue weighted by Crippen LogP contribution is 1.93. The smallest absolute Gasteiger partial charge is 0.0634 e. The summed E-state index contributed by atoms with van der Waals surface area (Å²) < 4.78 is 0. The van der Waals surface area contributed by atoms with Crippen LogP contribution in [0.1, 0.15) is 26.2 Å². The zero-order chi connectivity index (χ0) is 6.95. The Balaban J connectivity index is 3.14. The molecule has 0 aromatic rings. The van der Waals surface area contributed by atoms with Gasteiger partial charge in [-0.05, 0) is 18.6 Å². The summed E-state index contributed by atoms with van der Waals surface area (Å²) in [6.45, 7) is 2.16. The molecule has 0 saturated carbocycles. The molecule has 0 saturated heterocycles. The van der Waals surface area contributed by atoms with E-state index in [4.69, 9.17) is 0 Å². The van der Waals surface area contributed by atoms with E-state index in [0.29, 0.717) is 0 Å². The van der Waals surface area contributed by atoms with Crippen molar-refractivity contribution in [1.29, 1.82) is 0 Å². The quantitative estimate of drug-likeness (QED) is 0.333. The number of unbranched alkanes of at least 4 members (excludes halogenated alkanes) is 2. The second-order valence-electron chi connectivity index (χ2n) is 1.75. The van der Waals surface area contributed by atoms with Gasteiger partial charge < -0.3 is 0 Å². The third-order valence-corrected chi connectivity index (χ3v) is 1.06. The van der Waals surface area contributed by atoms with Gasteiger partial charge in [-0.15, -0.1) is 0 Å². The first-order valence-electron chi connectivity index (χ1n) is 3.13. The van der Waals surface area contributed by atoms with Gasteiger partial charge in [0.25, 0.3) is 0 Å². The number of aliphatic imine (C=N–C) groups is 1. The topological polar surface area (TPSA) is 12.4 Å². The number of rotatable bonds is 4. The van der Waals surface area contributed by atoms with Crippen LogP contribution in [-0.2, 0) is 0 Å². The number of hydrogen-bond acceptors (Lipinski definition) is 2. The lowest BCUT2D eigenvalue weighted by molar-refractivity contribution is 0.814. The summed E-state index contributed by atoms with van der Waals surface area (Å²) in [7, 11) is 0. The summed E-state index contributed by atoms with van der Waals surface area (Å²) in [6, 6.07) is 0. The summed E-state index contributed by atoms with van der Waals surface area (Å²) >= 11 is 4.36. The zero-order valence-corrected chi connectivity index (χ0v) is 6.45. The minimum absolute atomic E-state index is 1.09. The fraction of sp³-hybridized carbons (Fsp3) is 0.571. The van der Waals surface area contributed by atoms with Crippen molar-refractivity contribution in [2.45, 2.75) is 26.2 Å². The Labute approximate surface area is 61.5 Å². The maximum atomic E-state index is 4.36. The Morgan fingerprint density at radius 3 is 3.00 bits per heavy atom. The van der Waals surface area contributed by atoms with Gasteiger partial charge in [0.05, 0.1) is 5.16 Å². The molecule has 0 aliphatic carbocycles. The van der Waals surface area contributed by atoms with E-state index in [1.165, 1.54) is 12.8 Å². The molecular formula is C7H11NS. The first-order valence-corrected chi connectivity index (χ1v) is 3.54. The largest absolute Gasteiger partial charge is 0.203 e. The van der Waals surface area contributed by atoms with Crippen LogP contribution in [0.5, 0.6) is 0 Å². The molecule has 0 aliphatic heterocycles. The van der Waals surface area contributed by atoms with Crippen LogP contribution in [0.3, 0.4) is 0 Å². The van der Waals surface area contributed by atoms with Crippen LogP contribution in [-0.4, -0.2) is 5.16 Å². The maximum Gasteiger partial charge on any atom is 0.0634 e. The normalized spacial score (nSPS) is 9.44. The molecule has 0 radical (unpaired) electrons. The van der Waals surface area contributed by atoms with Gasteiger partial charge >= 0.3 is 0 Å². The Morgan fingerprint density at radius 1 is 1.67 bits per heavy atom. The molecule has 0 heterocycles. The zero-order valence-electron chi connectivity index (χ0n) is 5.63. The van der Waals surface area contributed by atoms with E-state index in [1.54, 1.807) is 6.20 Å². The second-order valence-corrected chi connectivity index (χ2v) is 1.93. The van der Waals surface area contributed by atoms with Crippen molar-refractivity contribution >= 4 is 17.4 Å². The van der Waals surface area contributed by atoms with Gasteiger partial charge in [-0.2, -0.15) is 0 Å². The molecular weight excluding hydrogens is 130 g/mol. The number of isothiocyanates is 1. The van der Waals surface area contributed by atoms with Crippen molar-refractivity contribution in [2.75, 3.05) is 0 Å². The molecule has 0 aliphatic rings. The van der Waals surface area contributed by atoms with E-state index in [1.807, 2.05) is 6.08 Å². The van der Waals surface area contributed by atoms with Gasteiger partial charge in [0.1, 0.15) is 0 Å². The molecule has 0 aromatic heterocycles. The SMILES string of the molecule is CCCC/C=C/N=C=S. The molecule has 2 heteroatoms. The lowest BCUT2D eigenvalue weighted by Gasteiger charge is -1.83. The fourth-order valence-corrected chi connectivity index (χ4v) is 0.541. The van der Waals surface area contributed by atoms with Gasteiger partial charge in [-0.25, -0.2) is 4.99 Å². The molecule has 0 unspecified atom stereocenters. The van der Waals surface area contributed by atoms with Crippen molar-refractivity contribution in [3.63, 3.8) is 0 Å². The van der Waals surface area contributed by atoms with Gasteiger partial charge in [0.2, 0.25) is 0 Å². The number of allylic oxidation sites excluding steroid dienone is 1. The van der Waals surface area contributed by atoms with Gasteiger partial charge in [0, 0.05) is 6.20 Å². The van der Waals surface area contributed by atoms with Crippen LogP contribution in [0.25, 0.3) is 0 Å². The van der Waals surface area contributed by atoms with E-state index in [-0.39, 0.29) is 0 Å². The second kappa shape index (κ2) is 7.54. The fourth-order valence-electron chi connectivity index (χ4n) is 0.480. The van der Waals surface area contributed by atoms with E-state index in [2.05, 4.69) is 29.3 Å². The average molecular weight is 141 g/mol. The average Bonchev–Trinajstić information content (AvgIpc) is 1.89. The van der Waals surface area contributed by atoms with Gasteiger partial charge in [-0.1, -0.05) is 25.8 Å². The minimum Gasteiger partial charge on any atom is -0.203 e. The molecule has 0 bridgehead atoms. The lowest BCUT2D eigenvalue weighted by atomic mass is 10.2. The van der Waals surface area contributed by atoms with Crippen molar-refractivity contribution in [3.8, 4) is 0 Å². The lowest BCUT2D eigenvalue weighted by Crippen LogP contribution is -1.64. The summed E-state index contributed by atoms with van der Waals surface area (Å²) in [4.78, 5) is 3.63. The molecule has 0 atom stereocenters. The van der Waals surface area contributed by atoms with Crippen molar-refractivity contribution in [2.24, 2.45) is 4.99 Å². The molecule has 1 nitrogen and oxygen atoms in total. The Kier molecular flexibility index (Phi) is 7.15. The summed E-state index contributed by atoms with van der Waals surface area (Å²) in [6.07, 6.45) is 7.25. The molecule has 9 heavy (non-hydrogen) atoms. The molecule has 0 fully saturated rings. The summed E-state index contributed by atoms with van der Waals surface area (Å²) in [5.41, 5.74) is 0. The highest BCUT2D eigenvalue weighted by atomic mass is 32.1. The number of hydrogen-bond donors (Lipinski definition) is 0. The molecule has 0 spiro atoms. The molecule has 0 rings (SSSR count). The molecule has 0 N–H and O–H groups in total. The highest BCUT2D eigenvalue weighted by molar-refractivity contribution is 7.78. The number of thiocarbonyl (C=S) groups is 1. The monoisotopic (exact) mass is 141 g/mol. The van der Waals surface area contributed by atoms with E-state index in [9.17, 15) is 0 Å². The maximum absolute atomic E-state index is 4.36. The third-order valence-electron chi connectivity index (χ3n) is 0.957. The molecule has 0 aromatic carbocycles. The van der Waals surface area contributed by atoms with Crippen LogP contribution in [0, 0.1) is 0 Å². The Hall–Kier alpha value is -0.460. The van der Waals surface area contributed by atoms with Crippen LogP contribution < -0.4 is 0 Å². The van der Waals surface area contributed by atoms with Gasteiger partial charge in [-0.3, -0.25) is 0 Å². The standard InChI is InChI=1S/C7H11NS/c1-2-3-4-5-6-8-7-9/h5-6H,2-4H2,1H3/b6-5+. The Morgan fingerprint density at radius 2 is 2.44 bits per heavy atom. The predicted octanol–water partition coefficient (Wildman–Crippen LogP) is 2.79. The first-order chi connectivity index (χ1) is 4.41. The van der Waals surface area contributed by atoms with Crippen LogP contribution in [0.15, 0.2) is 17.3 Å². The van der Waals surface area contributed by atoms with Crippen LogP contribution >= 0.6 is 12.2 Å². The predicted molar refractivity (Wildman–Crippen MR) is 43.7 cm³/mol. The summed E-state index contributed by atoms with van der Waals surface area (Å²) in [5.74, 6) is 0. The molecule has 0 amide bonds. The third kappa shape index (κ3) is 7.54. The van der Waals surface area contributed by atoms with Crippen LogP contribution in [0.4, 0.5) is 0 Å². The van der Waals surface area contributed by atoms with Crippen molar-refractivity contribution in [1.82, 2.24) is 0 Å². The first kappa shape index (κ1) is 8.54. The van der Waals surface area contributed by atoms with Crippen LogP contribution in [0.2, 0.25) is 0 Å². The molecule has 50 valence electrons. The van der Waals surface area contributed by atoms with E-state index in [0.717, 1.165) is 6.42 Å². The minimum atomic E-state index is 1.09. The van der Waals surface area contributed by atoms with Crippen molar-refractivity contribution in [3.05, 3.63) is 12.3 Å². The van der Waals surface area contributed by atoms with E-state index >= 15 is 0 Å². The van der Waals surface area contributed by atoms with Gasteiger partial charge in [0.15, 0.2) is 0 Å². The summed E-state index contributed by atoms with van der Waals surface area (Å²) in [5, 5.41) is 2.27. The Bertz CT molecular complexity index is 123. The number of nitrogens with zero attached hydrogens (tertiary/aromatic N) is 1. The van der Waals surface area contributed by atoms with Crippen molar-refractivity contribution < 1.29 is 0 Å². The van der Waals surface area contributed by atoms with E-state index < -0.39 is 0 Å².